The van der Waals surface area contributed by atoms with Crippen LogP contribution in [0.15, 0.2) is 102 Å². The third-order valence-corrected chi connectivity index (χ3v) is 8.85. The Morgan fingerprint density at radius 2 is 1.58 bits per heavy atom. The molecule has 45 heavy (non-hydrogen) atoms. The smallest absolute Gasteiger partial charge is 0.257 e. The Labute approximate surface area is 266 Å². The van der Waals surface area contributed by atoms with Gasteiger partial charge in [-0.1, -0.05) is 30.3 Å². The van der Waals surface area contributed by atoms with Gasteiger partial charge in [-0.05, 0) is 78.2 Å². The summed E-state index contributed by atoms with van der Waals surface area (Å²) in [5, 5.41) is 6.71. The number of amides is 2. The fourth-order valence-corrected chi connectivity index (χ4v) is 6.35. The predicted octanol–water partition coefficient (Wildman–Crippen LogP) is 6.91. The van der Waals surface area contributed by atoms with Crippen molar-refractivity contribution < 1.29 is 19.1 Å². The van der Waals surface area contributed by atoms with Crippen LogP contribution in [0, 0.1) is 0 Å². The minimum Gasteiger partial charge on any atom is -0.493 e. The van der Waals surface area contributed by atoms with Crippen LogP contribution in [0.1, 0.15) is 31.8 Å². The van der Waals surface area contributed by atoms with Gasteiger partial charge in [0.05, 0.1) is 36.6 Å². The first-order valence-corrected chi connectivity index (χ1v) is 15.7. The number of thioether (sulfide) groups is 1. The van der Waals surface area contributed by atoms with Crippen molar-refractivity contribution in [2.45, 2.75) is 17.9 Å². The molecule has 0 saturated carbocycles. The number of aromatic nitrogens is 1. The molecule has 0 fully saturated rings. The molecule has 0 radical (unpaired) electrons. The van der Waals surface area contributed by atoms with Crippen molar-refractivity contribution in [2.75, 3.05) is 43.7 Å². The molecule has 5 aromatic rings. The second-order valence-corrected chi connectivity index (χ2v) is 11.9. The maximum atomic E-state index is 13.2. The molecule has 4 aromatic carbocycles. The summed E-state index contributed by atoms with van der Waals surface area (Å²) in [6.45, 7) is 2.87. The van der Waals surface area contributed by atoms with E-state index in [0.29, 0.717) is 22.5 Å². The first-order chi connectivity index (χ1) is 22.0. The van der Waals surface area contributed by atoms with Crippen molar-refractivity contribution in [1.82, 2.24) is 9.88 Å². The molecule has 6 rings (SSSR count). The summed E-state index contributed by atoms with van der Waals surface area (Å²) in [5.41, 5.74) is 5.33. The third-order valence-electron chi connectivity index (χ3n) is 7.86. The van der Waals surface area contributed by atoms with Crippen molar-refractivity contribution in [3.63, 3.8) is 0 Å². The number of nitrogens with zero attached hydrogens (tertiary/aromatic N) is 2. The van der Waals surface area contributed by atoms with Gasteiger partial charge in [-0.15, -0.1) is 11.8 Å². The van der Waals surface area contributed by atoms with Crippen LogP contribution in [-0.2, 0) is 13.0 Å². The minimum atomic E-state index is -0.330. The zero-order valence-electron chi connectivity index (χ0n) is 25.2. The summed E-state index contributed by atoms with van der Waals surface area (Å²) in [4.78, 5) is 34.2. The average molecular weight is 619 g/mol. The first-order valence-electron chi connectivity index (χ1n) is 14.8. The molecule has 8 nitrogen and oxygen atoms in total. The van der Waals surface area contributed by atoms with E-state index < -0.39 is 0 Å². The van der Waals surface area contributed by atoms with Gasteiger partial charge in [0.1, 0.15) is 0 Å². The van der Waals surface area contributed by atoms with Gasteiger partial charge in [0.15, 0.2) is 11.5 Å². The number of anilines is 2. The molecule has 0 unspecified atom stereocenters. The Morgan fingerprint density at radius 1 is 0.844 bits per heavy atom. The quantitative estimate of drug-likeness (QED) is 0.164. The molecule has 9 heteroatoms. The van der Waals surface area contributed by atoms with Crippen LogP contribution < -0.4 is 20.1 Å². The van der Waals surface area contributed by atoms with Crippen LogP contribution in [-0.4, -0.2) is 54.8 Å². The lowest BCUT2D eigenvalue weighted by molar-refractivity contribution is 0.102. The van der Waals surface area contributed by atoms with Crippen LogP contribution in [0.4, 0.5) is 11.4 Å². The van der Waals surface area contributed by atoms with Crippen LogP contribution in [0.5, 0.6) is 11.5 Å². The lowest BCUT2D eigenvalue weighted by Crippen LogP contribution is -2.32. The van der Waals surface area contributed by atoms with Crippen molar-refractivity contribution in [3.05, 3.63) is 119 Å². The topological polar surface area (TPSA) is 92.8 Å². The SMILES string of the molecule is COc1cc2c(cc1OC)CN(CCSc1ccc(NC(=O)c3ccccc3NC(=O)c3cnc4ccccc4c3)cc1)CC2. The number of carbonyl (C=O) groups excluding carboxylic acids is 2. The molecule has 0 atom stereocenters. The summed E-state index contributed by atoms with van der Waals surface area (Å²) in [7, 11) is 3.34. The number of ether oxygens (including phenoxy) is 2. The van der Waals surface area contributed by atoms with Gasteiger partial charge in [-0.3, -0.25) is 19.5 Å². The van der Waals surface area contributed by atoms with Crippen LogP contribution in [0.25, 0.3) is 10.9 Å². The van der Waals surface area contributed by atoms with E-state index in [1.165, 1.54) is 11.1 Å². The van der Waals surface area contributed by atoms with Crippen molar-refractivity contribution in [2.24, 2.45) is 0 Å². The second-order valence-electron chi connectivity index (χ2n) is 10.7. The molecule has 0 aliphatic carbocycles. The highest BCUT2D eigenvalue weighted by Crippen LogP contribution is 2.33. The van der Waals surface area contributed by atoms with E-state index in [1.807, 2.05) is 48.5 Å². The van der Waals surface area contributed by atoms with E-state index in [-0.39, 0.29) is 11.8 Å². The highest BCUT2D eigenvalue weighted by Gasteiger charge is 2.19. The summed E-state index contributed by atoms with van der Waals surface area (Å²) in [5.74, 6) is 1.87. The average Bonchev–Trinajstić information content (AvgIpc) is 3.08. The number of fused-ring (bicyclic) bond motifs is 2. The van der Waals surface area contributed by atoms with Crippen molar-refractivity contribution in [3.8, 4) is 11.5 Å². The van der Waals surface area contributed by atoms with Crippen LogP contribution in [0.2, 0.25) is 0 Å². The zero-order valence-corrected chi connectivity index (χ0v) is 26.0. The van der Waals surface area contributed by atoms with E-state index >= 15 is 0 Å². The highest BCUT2D eigenvalue weighted by molar-refractivity contribution is 7.99. The zero-order chi connectivity index (χ0) is 31.2. The number of para-hydroxylation sites is 2. The third kappa shape index (κ3) is 7.11. The molecule has 2 amide bonds. The van der Waals surface area contributed by atoms with Crippen LogP contribution >= 0.6 is 11.8 Å². The Hall–Kier alpha value is -4.86. The van der Waals surface area contributed by atoms with Gasteiger partial charge >= 0.3 is 0 Å². The normalized spacial score (nSPS) is 12.8. The van der Waals surface area contributed by atoms with Gasteiger partial charge in [0.2, 0.25) is 0 Å². The van der Waals surface area contributed by atoms with E-state index in [1.54, 1.807) is 62.5 Å². The summed E-state index contributed by atoms with van der Waals surface area (Å²) < 4.78 is 11.0. The number of carbonyl (C=O) groups is 2. The fraction of sp³-hybridized carbons (Fsp3) is 0.194. The van der Waals surface area contributed by atoms with E-state index in [2.05, 4.69) is 32.7 Å². The van der Waals surface area contributed by atoms with Crippen molar-refractivity contribution in [1.29, 1.82) is 0 Å². The summed E-state index contributed by atoms with van der Waals surface area (Å²) in [6.07, 6.45) is 2.53. The van der Waals surface area contributed by atoms with Gasteiger partial charge in [0, 0.05) is 47.6 Å². The molecule has 228 valence electrons. The highest BCUT2D eigenvalue weighted by atomic mass is 32.2. The number of hydrogen-bond donors (Lipinski definition) is 2. The molecular weight excluding hydrogens is 584 g/mol. The molecular formula is C36H34N4O4S. The predicted molar refractivity (Wildman–Crippen MR) is 180 cm³/mol. The van der Waals surface area contributed by atoms with Gasteiger partial charge in [0.25, 0.3) is 11.8 Å². The second kappa shape index (κ2) is 13.8. The van der Waals surface area contributed by atoms with Gasteiger partial charge < -0.3 is 20.1 Å². The molecule has 1 aliphatic heterocycles. The lowest BCUT2D eigenvalue weighted by Gasteiger charge is -2.29. The Bertz CT molecular complexity index is 1840. The monoisotopic (exact) mass is 618 g/mol. The molecule has 2 N–H and O–H groups in total. The molecule has 0 spiro atoms. The maximum absolute atomic E-state index is 13.2. The van der Waals surface area contributed by atoms with E-state index in [4.69, 9.17) is 9.47 Å². The largest absolute Gasteiger partial charge is 0.493 e. The molecule has 2 heterocycles. The standard InChI is InChI=1S/C36H34N4O4S/c1-43-33-20-24-15-16-40(23-27(24)21-34(33)44-2)17-18-45-29-13-11-28(12-14-29)38-36(42)30-8-4-6-10-32(30)39-35(41)26-19-25-7-3-5-9-31(25)37-22-26/h3-14,19-22H,15-18,23H2,1-2H3,(H,38,42)(H,39,41). The van der Waals surface area contributed by atoms with E-state index in [9.17, 15) is 9.59 Å². The molecule has 1 aliphatic rings. The first kappa shape index (κ1) is 30.2. The van der Waals surface area contributed by atoms with Gasteiger partial charge in [-0.25, -0.2) is 0 Å². The molecule has 1 aromatic heterocycles. The Morgan fingerprint density at radius 3 is 2.38 bits per heavy atom. The molecule has 0 saturated heterocycles. The number of rotatable bonds is 10. The number of nitrogens with one attached hydrogen (secondary N) is 2. The fourth-order valence-electron chi connectivity index (χ4n) is 5.44. The Kier molecular flexibility index (Phi) is 9.28. The number of methoxy groups -OCH3 is 2. The van der Waals surface area contributed by atoms with E-state index in [0.717, 1.165) is 59.1 Å². The lowest BCUT2D eigenvalue weighted by atomic mass is 9.99. The maximum Gasteiger partial charge on any atom is 0.257 e. The molecule has 0 bridgehead atoms. The number of pyridine rings is 1. The van der Waals surface area contributed by atoms with Crippen LogP contribution in [0.3, 0.4) is 0 Å². The van der Waals surface area contributed by atoms with Gasteiger partial charge in [-0.2, -0.15) is 0 Å². The Balaban J connectivity index is 1.02. The number of benzene rings is 4. The van der Waals surface area contributed by atoms with Crippen molar-refractivity contribution >= 4 is 45.9 Å². The number of hydrogen-bond acceptors (Lipinski definition) is 7. The minimum absolute atomic E-state index is 0.303. The summed E-state index contributed by atoms with van der Waals surface area (Å²) in [6, 6.07) is 28.4. The summed E-state index contributed by atoms with van der Waals surface area (Å²) >= 11 is 1.79.